The summed E-state index contributed by atoms with van der Waals surface area (Å²) in [5.74, 6) is 1.29. The van der Waals surface area contributed by atoms with Gasteiger partial charge in [0.05, 0.1) is 11.9 Å². The van der Waals surface area contributed by atoms with E-state index in [9.17, 15) is 10.4 Å². The van der Waals surface area contributed by atoms with Gasteiger partial charge in [-0.2, -0.15) is 10.2 Å². The lowest BCUT2D eigenvalue weighted by Gasteiger charge is -2.35. The zero-order chi connectivity index (χ0) is 25.3. The van der Waals surface area contributed by atoms with Crippen molar-refractivity contribution in [2.45, 2.75) is 38.7 Å². The van der Waals surface area contributed by atoms with Gasteiger partial charge in [-0.3, -0.25) is 0 Å². The summed E-state index contributed by atoms with van der Waals surface area (Å²) < 4.78 is 0. The van der Waals surface area contributed by atoms with Crippen LogP contribution >= 0.6 is 0 Å². The van der Waals surface area contributed by atoms with Crippen LogP contribution in [0.25, 0.3) is 0 Å². The van der Waals surface area contributed by atoms with Crippen LogP contribution in [0.15, 0.2) is 36.5 Å². The Bertz CT molecular complexity index is 1310. The van der Waals surface area contributed by atoms with Gasteiger partial charge >= 0.3 is 0 Å². The number of aryl methyl sites for hydroxylation is 2. The summed E-state index contributed by atoms with van der Waals surface area (Å²) >= 11 is 0. The summed E-state index contributed by atoms with van der Waals surface area (Å²) in [6, 6.07) is 12.2. The molecule has 186 valence electrons. The molecule has 9 nitrogen and oxygen atoms in total. The minimum atomic E-state index is -0.905. The van der Waals surface area contributed by atoms with Crippen LogP contribution in [0.5, 0.6) is 0 Å². The number of anilines is 5. The van der Waals surface area contributed by atoms with Gasteiger partial charge in [-0.1, -0.05) is 13.0 Å². The number of likely N-dealkylation sites (N-methyl/N-ethyl adjacent to an activating group) is 1. The van der Waals surface area contributed by atoms with Gasteiger partial charge in [-0.15, -0.1) is 0 Å². The third kappa shape index (κ3) is 4.70. The first-order valence-corrected chi connectivity index (χ1v) is 12.5. The van der Waals surface area contributed by atoms with Crippen molar-refractivity contribution < 1.29 is 5.11 Å². The van der Waals surface area contributed by atoms with Crippen molar-refractivity contribution in [3.05, 3.63) is 58.9 Å². The molecular formula is C27H32N8O. The van der Waals surface area contributed by atoms with Crippen LogP contribution in [0, 0.1) is 18.3 Å². The van der Waals surface area contributed by atoms with E-state index >= 15 is 0 Å². The van der Waals surface area contributed by atoms with Crippen LogP contribution in [-0.4, -0.2) is 58.2 Å². The SMILES string of the molecule is CCC1(O)CCc2ccc(Nc3nc(Nc4ccc(N5CCN(C)CC5)c(C)c4)ncc3C#N)nc21. The van der Waals surface area contributed by atoms with Crippen LogP contribution in [0.3, 0.4) is 0 Å². The third-order valence-corrected chi connectivity index (χ3v) is 7.26. The second-order valence-electron chi connectivity index (χ2n) is 9.70. The molecular weight excluding hydrogens is 452 g/mol. The summed E-state index contributed by atoms with van der Waals surface area (Å²) in [5.41, 5.74) is 4.48. The average Bonchev–Trinajstić information content (AvgIpc) is 3.22. The number of nitrogens with zero attached hydrogens (tertiary/aromatic N) is 6. The lowest BCUT2D eigenvalue weighted by atomic mass is 9.98. The van der Waals surface area contributed by atoms with E-state index in [-0.39, 0.29) is 0 Å². The molecule has 1 aliphatic heterocycles. The zero-order valence-corrected chi connectivity index (χ0v) is 21.0. The minimum absolute atomic E-state index is 0.315. The van der Waals surface area contributed by atoms with Crippen LogP contribution in [0.1, 0.15) is 42.1 Å². The van der Waals surface area contributed by atoms with Crippen molar-refractivity contribution in [1.82, 2.24) is 19.9 Å². The maximum absolute atomic E-state index is 10.9. The third-order valence-electron chi connectivity index (χ3n) is 7.26. The predicted molar refractivity (Wildman–Crippen MR) is 141 cm³/mol. The molecule has 36 heavy (non-hydrogen) atoms. The van der Waals surface area contributed by atoms with Crippen LogP contribution in [0.2, 0.25) is 0 Å². The highest BCUT2D eigenvalue weighted by molar-refractivity contribution is 5.66. The number of fused-ring (bicyclic) bond motifs is 1. The normalized spacial score (nSPS) is 19.6. The van der Waals surface area contributed by atoms with E-state index in [1.807, 2.05) is 25.1 Å². The zero-order valence-electron chi connectivity index (χ0n) is 21.0. The topological polar surface area (TPSA) is 113 Å². The molecule has 0 amide bonds. The van der Waals surface area contributed by atoms with Gasteiger partial charge in [0.2, 0.25) is 5.95 Å². The highest BCUT2D eigenvalue weighted by Gasteiger charge is 2.36. The Morgan fingerprint density at radius 1 is 1.11 bits per heavy atom. The minimum Gasteiger partial charge on any atom is -0.384 e. The summed E-state index contributed by atoms with van der Waals surface area (Å²) in [5, 5.41) is 26.9. The number of aromatic nitrogens is 3. The summed E-state index contributed by atoms with van der Waals surface area (Å²) in [4.78, 5) is 18.3. The molecule has 1 atom stereocenters. The molecule has 9 heteroatoms. The van der Waals surface area contributed by atoms with Gasteiger partial charge in [-0.25, -0.2) is 9.97 Å². The molecule has 0 radical (unpaired) electrons. The Morgan fingerprint density at radius 2 is 1.92 bits per heavy atom. The number of rotatable bonds is 6. The molecule has 2 aromatic heterocycles. The van der Waals surface area contributed by atoms with Crippen molar-refractivity contribution in [3.8, 4) is 6.07 Å². The number of nitriles is 1. The van der Waals surface area contributed by atoms with Gasteiger partial charge in [0.15, 0.2) is 5.82 Å². The van der Waals surface area contributed by atoms with Gasteiger partial charge < -0.3 is 25.5 Å². The number of aliphatic hydroxyl groups is 1. The molecule has 0 spiro atoms. The van der Waals surface area contributed by atoms with E-state index in [1.165, 1.54) is 17.4 Å². The molecule has 1 aromatic carbocycles. The lowest BCUT2D eigenvalue weighted by molar-refractivity contribution is 0.0307. The second kappa shape index (κ2) is 9.72. The fourth-order valence-corrected chi connectivity index (χ4v) is 4.97. The molecule has 0 bridgehead atoms. The number of hydrogen-bond acceptors (Lipinski definition) is 9. The molecule has 3 aromatic rings. The largest absolute Gasteiger partial charge is 0.384 e. The van der Waals surface area contributed by atoms with Gasteiger partial charge in [0.25, 0.3) is 0 Å². The first-order valence-electron chi connectivity index (χ1n) is 12.5. The van der Waals surface area contributed by atoms with Crippen molar-refractivity contribution >= 4 is 29.0 Å². The lowest BCUT2D eigenvalue weighted by Crippen LogP contribution is -2.44. The fourth-order valence-electron chi connectivity index (χ4n) is 4.97. The maximum atomic E-state index is 10.9. The Kier molecular flexibility index (Phi) is 6.48. The first kappa shape index (κ1) is 24.0. The summed E-state index contributed by atoms with van der Waals surface area (Å²) in [6.45, 7) is 8.24. The smallest absolute Gasteiger partial charge is 0.229 e. The monoisotopic (exact) mass is 484 g/mol. The van der Waals surface area contributed by atoms with E-state index in [4.69, 9.17) is 0 Å². The molecule has 0 saturated carbocycles. The van der Waals surface area contributed by atoms with Gasteiger partial charge in [0.1, 0.15) is 23.1 Å². The van der Waals surface area contributed by atoms with E-state index in [2.05, 4.69) is 67.6 Å². The molecule has 3 heterocycles. The van der Waals surface area contributed by atoms with E-state index in [1.54, 1.807) is 0 Å². The molecule has 1 saturated heterocycles. The standard InChI is InChI=1S/C27H32N8O/c1-4-27(36)10-9-19-5-8-23(31-24(19)27)32-25-20(16-28)17-29-26(33-25)30-21-6-7-22(18(2)15-21)35-13-11-34(3)12-14-35/h5-8,15,17,36H,4,9-14H2,1-3H3,(H2,29,30,31,32,33). The Labute approximate surface area is 211 Å². The number of piperazine rings is 1. The highest BCUT2D eigenvalue weighted by Crippen LogP contribution is 2.39. The Hall–Kier alpha value is -3.74. The van der Waals surface area contributed by atoms with Gasteiger partial charge in [0, 0.05) is 37.6 Å². The van der Waals surface area contributed by atoms with Crippen molar-refractivity contribution in [2.75, 3.05) is 48.8 Å². The van der Waals surface area contributed by atoms with Crippen LogP contribution < -0.4 is 15.5 Å². The van der Waals surface area contributed by atoms with Crippen molar-refractivity contribution in [3.63, 3.8) is 0 Å². The fraction of sp³-hybridized carbons (Fsp3) is 0.407. The average molecular weight is 485 g/mol. The Balaban J connectivity index is 1.35. The van der Waals surface area contributed by atoms with E-state index < -0.39 is 5.60 Å². The predicted octanol–water partition coefficient (Wildman–Crippen LogP) is 3.83. The second-order valence-corrected chi connectivity index (χ2v) is 9.70. The summed E-state index contributed by atoms with van der Waals surface area (Å²) in [7, 11) is 2.16. The number of hydrogen-bond donors (Lipinski definition) is 3. The highest BCUT2D eigenvalue weighted by atomic mass is 16.3. The van der Waals surface area contributed by atoms with Crippen LogP contribution in [0.4, 0.5) is 29.0 Å². The molecule has 5 rings (SSSR count). The summed E-state index contributed by atoms with van der Waals surface area (Å²) in [6.07, 6.45) is 3.59. The number of benzene rings is 1. The van der Waals surface area contributed by atoms with E-state index in [0.717, 1.165) is 43.9 Å². The molecule has 1 fully saturated rings. The first-order chi connectivity index (χ1) is 17.4. The Morgan fingerprint density at radius 3 is 2.64 bits per heavy atom. The maximum Gasteiger partial charge on any atom is 0.229 e. The van der Waals surface area contributed by atoms with Crippen LogP contribution in [-0.2, 0) is 12.0 Å². The number of pyridine rings is 1. The number of nitrogens with one attached hydrogen (secondary N) is 2. The quantitative estimate of drug-likeness (QED) is 0.480. The van der Waals surface area contributed by atoms with Crippen molar-refractivity contribution in [1.29, 1.82) is 5.26 Å². The van der Waals surface area contributed by atoms with Gasteiger partial charge in [-0.05, 0) is 68.6 Å². The molecule has 3 N–H and O–H groups in total. The molecule has 1 aliphatic carbocycles. The van der Waals surface area contributed by atoms with Crippen molar-refractivity contribution in [2.24, 2.45) is 0 Å². The molecule has 1 unspecified atom stereocenters. The molecule has 2 aliphatic rings. The van der Waals surface area contributed by atoms with E-state index in [0.29, 0.717) is 41.7 Å².